The van der Waals surface area contributed by atoms with Crippen molar-refractivity contribution in [1.29, 1.82) is 0 Å². The van der Waals surface area contributed by atoms with E-state index in [1.165, 1.54) is 6.92 Å². The molecule has 70 valence electrons. The van der Waals surface area contributed by atoms with Gasteiger partial charge >= 0.3 is 16.5 Å². The van der Waals surface area contributed by atoms with Crippen LogP contribution >= 0.6 is 16.5 Å². The maximum Gasteiger partial charge on any atom is 0.745 e. The van der Waals surface area contributed by atoms with Crippen LogP contribution in [0.2, 0.25) is 0 Å². The average molecular weight is 217 g/mol. The lowest BCUT2D eigenvalue weighted by Crippen LogP contribution is -2.11. The van der Waals surface area contributed by atoms with Crippen LogP contribution in [0.15, 0.2) is 0 Å². The summed E-state index contributed by atoms with van der Waals surface area (Å²) in [5.41, 5.74) is 0. The quantitative estimate of drug-likeness (QED) is 0.563. The van der Waals surface area contributed by atoms with E-state index in [2.05, 4.69) is 9.63 Å². The van der Waals surface area contributed by atoms with Crippen molar-refractivity contribution in [2.24, 2.45) is 0 Å². The molecule has 0 aliphatic rings. The number of nitrogens with one attached hydrogen (secondary N) is 1. The molecule has 0 saturated carbocycles. The molecule has 0 spiro atoms. The minimum atomic E-state index is -2.92. The predicted molar refractivity (Wildman–Crippen MR) is 40.5 cm³/mol. The minimum Gasteiger partial charge on any atom is -0.359 e. The monoisotopic (exact) mass is 217 g/mol. The number of hydrogen-bond donors (Lipinski definition) is 3. The van der Waals surface area contributed by atoms with Gasteiger partial charge in [0.1, 0.15) is 0 Å². The molecule has 0 aromatic heterocycles. The van der Waals surface area contributed by atoms with Crippen LogP contribution in [-0.2, 0) is 18.2 Å². The standard InChI is InChI=1S/C3H7NO.O5P2/c1-3(5)4-2;1-6(2)5-7(3)4/h1-2H3,(H,4,5);/p+2. The van der Waals surface area contributed by atoms with Gasteiger partial charge < -0.3 is 5.32 Å². The molecule has 12 heavy (non-hydrogen) atoms. The van der Waals surface area contributed by atoms with Crippen molar-refractivity contribution in [1.82, 2.24) is 5.32 Å². The van der Waals surface area contributed by atoms with Crippen molar-refractivity contribution in [3.63, 3.8) is 0 Å². The summed E-state index contributed by atoms with van der Waals surface area (Å²) in [6, 6.07) is 0. The zero-order chi connectivity index (χ0) is 10.1. The first-order valence-corrected chi connectivity index (χ1v) is 4.85. The molecule has 2 atom stereocenters. The third-order valence-electron chi connectivity index (χ3n) is 0.492. The second kappa shape index (κ2) is 8.64. The Balaban J connectivity index is 0. The first kappa shape index (κ1) is 14.1. The number of hydrogen-bond acceptors (Lipinski definition) is 4. The van der Waals surface area contributed by atoms with Gasteiger partial charge in [-0.3, -0.25) is 4.79 Å². The second-order valence-corrected chi connectivity index (χ2v) is 2.97. The summed E-state index contributed by atoms with van der Waals surface area (Å²) in [5.74, 6) is 0.00463. The van der Waals surface area contributed by atoms with E-state index < -0.39 is 16.5 Å². The van der Waals surface area contributed by atoms with E-state index >= 15 is 0 Å². The fourth-order valence-electron chi connectivity index (χ4n) is 0.0598. The van der Waals surface area contributed by atoms with Gasteiger partial charge in [0.05, 0.1) is 0 Å². The van der Waals surface area contributed by atoms with E-state index in [0.717, 1.165) is 0 Å². The highest BCUT2D eigenvalue weighted by Crippen LogP contribution is 2.30. The smallest absolute Gasteiger partial charge is 0.359 e. The van der Waals surface area contributed by atoms with Gasteiger partial charge in [-0.25, -0.2) is 0 Å². The zero-order valence-corrected chi connectivity index (χ0v) is 8.21. The molecule has 0 fully saturated rings. The number of rotatable bonds is 2. The predicted octanol–water partition coefficient (Wildman–Crippen LogP) is 0.0547. The molecule has 0 aliphatic carbocycles. The van der Waals surface area contributed by atoms with Gasteiger partial charge in [-0.1, -0.05) is 0 Å². The summed E-state index contributed by atoms with van der Waals surface area (Å²) in [7, 11) is -4.25. The van der Waals surface area contributed by atoms with Crippen molar-refractivity contribution in [2.75, 3.05) is 7.05 Å². The molecule has 2 unspecified atom stereocenters. The summed E-state index contributed by atoms with van der Waals surface area (Å²) >= 11 is 0. The molecule has 0 saturated heterocycles. The minimum absolute atomic E-state index is 0.00463. The van der Waals surface area contributed by atoms with Gasteiger partial charge in [-0.15, -0.1) is 9.79 Å². The van der Waals surface area contributed by atoms with E-state index in [-0.39, 0.29) is 5.91 Å². The fraction of sp³-hybridized carbons (Fsp3) is 0.667. The summed E-state index contributed by atoms with van der Waals surface area (Å²) in [4.78, 5) is 25.0. The Morgan fingerprint density at radius 3 is 1.58 bits per heavy atom. The van der Waals surface area contributed by atoms with E-state index in [4.69, 9.17) is 9.79 Å². The molecular formula is C3H9NO6P2+2. The summed E-state index contributed by atoms with van der Waals surface area (Å²) < 4.78 is 22.2. The molecule has 3 N–H and O–H groups in total. The lowest BCUT2D eigenvalue weighted by molar-refractivity contribution is -0.118. The van der Waals surface area contributed by atoms with Crippen molar-refractivity contribution in [3.8, 4) is 0 Å². The molecule has 0 rings (SSSR count). The normalized spacial score (nSPS) is 10.7. The second-order valence-electron chi connectivity index (χ2n) is 1.36. The molecule has 9 heteroatoms. The van der Waals surface area contributed by atoms with E-state index in [9.17, 15) is 13.9 Å². The molecule has 7 nitrogen and oxygen atoms in total. The SMILES string of the molecule is CNC(C)=O.O=[P+](O)O[P+](=O)O. The Kier molecular flexibility index (Phi) is 10.2. The highest BCUT2D eigenvalue weighted by molar-refractivity contribution is 7.46. The Labute approximate surface area is 70.6 Å². The van der Waals surface area contributed by atoms with E-state index in [0.29, 0.717) is 0 Å². The summed E-state index contributed by atoms with van der Waals surface area (Å²) in [6.45, 7) is 1.47. The Bertz CT molecular complexity index is 170. The van der Waals surface area contributed by atoms with Crippen molar-refractivity contribution < 1.29 is 28.0 Å². The van der Waals surface area contributed by atoms with Crippen molar-refractivity contribution in [3.05, 3.63) is 0 Å². The van der Waals surface area contributed by atoms with Gasteiger partial charge in [-0.05, 0) is 0 Å². The van der Waals surface area contributed by atoms with Crippen LogP contribution in [-0.4, -0.2) is 22.7 Å². The van der Waals surface area contributed by atoms with Gasteiger partial charge in [0.15, 0.2) is 4.31 Å². The average Bonchev–Trinajstić information content (AvgIpc) is 1.85. The van der Waals surface area contributed by atoms with Crippen molar-refractivity contribution >= 4 is 22.4 Å². The summed E-state index contributed by atoms with van der Waals surface area (Å²) in [5, 5.41) is 2.39. The molecule has 1 amide bonds. The van der Waals surface area contributed by atoms with Gasteiger partial charge in [0.25, 0.3) is 0 Å². The first-order chi connectivity index (χ1) is 5.40. The summed E-state index contributed by atoms with van der Waals surface area (Å²) in [6.07, 6.45) is 0. The highest BCUT2D eigenvalue weighted by Gasteiger charge is 2.31. The van der Waals surface area contributed by atoms with E-state index in [1.807, 2.05) is 0 Å². The van der Waals surface area contributed by atoms with Gasteiger partial charge in [-0.2, -0.15) is 0 Å². The number of carbonyl (C=O) groups excluding carboxylic acids is 1. The third-order valence-corrected chi connectivity index (χ3v) is 1.61. The molecule has 0 radical (unpaired) electrons. The van der Waals surface area contributed by atoms with Crippen LogP contribution < -0.4 is 5.32 Å². The molecule has 0 aromatic carbocycles. The lowest BCUT2D eigenvalue weighted by Gasteiger charge is -1.80. The van der Waals surface area contributed by atoms with Crippen LogP contribution in [0.3, 0.4) is 0 Å². The van der Waals surface area contributed by atoms with Crippen LogP contribution in [0, 0.1) is 0 Å². The molecular weight excluding hydrogens is 208 g/mol. The Hall–Kier alpha value is -0.450. The third kappa shape index (κ3) is 22.7. The highest BCUT2D eigenvalue weighted by atomic mass is 31.2. The first-order valence-electron chi connectivity index (χ1n) is 2.58. The largest absolute Gasteiger partial charge is 0.745 e. The Morgan fingerprint density at radius 2 is 1.58 bits per heavy atom. The van der Waals surface area contributed by atoms with Crippen LogP contribution in [0.5, 0.6) is 0 Å². The number of amides is 1. The van der Waals surface area contributed by atoms with Crippen molar-refractivity contribution in [2.45, 2.75) is 6.92 Å². The van der Waals surface area contributed by atoms with Gasteiger partial charge in [0.2, 0.25) is 5.91 Å². The fourth-order valence-corrected chi connectivity index (χ4v) is 0.538. The topological polar surface area (TPSA) is 113 Å². The zero-order valence-electron chi connectivity index (χ0n) is 6.42. The maximum absolute atomic E-state index is 9.70. The maximum atomic E-state index is 9.70. The van der Waals surface area contributed by atoms with Crippen LogP contribution in [0.25, 0.3) is 0 Å². The Morgan fingerprint density at radius 1 is 1.33 bits per heavy atom. The number of carbonyl (C=O) groups is 1. The van der Waals surface area contributed by atoms with Crippen LogP contribution in [0.1, 0.15) is 6.92 Å². The van der Waals surface area contributed by atoms with Crippen LogP contribution in [0.4, 0.5) is 0 Å². The van der Waals surface area contributed by atoms with Gasteiger partial charge in [0, 0.05) is 23.1 Å². The molecule has 0 heterocycles. The molecule has 0 aromatic rings. The molecule has 0 bridgehead atoms. The lowest BCUT2D eigenvalue weighted by atomic mass is 10.7. The van der Waals surface area contributed by atoms with E-state index in [1.54, 1.807) is 7.05 Å². The molecule has 0 aliphatic heterocycles.